The van der Waals surface area contributed by atoms with Gasteiger partial charge in [-0.25, -0.2) is 0 Å². The second-order valence-corrected chi connectivity index (χ2v) is 5.14. The number of amides is 2. The Kier molecular flexibility index (Phi) is 4.70. The van der Waals surface area contributed by atoms with E-state index in [-0.39, 0.29) is 17.3 Å². The van der Waals surface area contributed by atoms with Crippen molar-refractivity contribution in [1.29, 1.82) is 0 Å². The van der Waals surface area contributed by atoms with E-state index in [2.05, 4.69) is 16.0 Å². The zero-order valence-electron chi connectivity index (χ0n) is 11.9. The summed E-state index contributed by atoms with van der Waals surface area (Å²) < 4.78 is 38.7. The van der Waals surface area contributed by atoms with Crippen LogP contribution >= 0.6 is 0 Å². The molecule has 8 heteroatoms. The van der Waals surface area contributed by atoms with Crippen LogP contribution in [0.1, 0.15) is 29.3 Å². The molecule has 22 heavy (non-hydrogen) atoms. The van der Waals surface area contributed by atoms with Gasteiger partial charge in [0.15, 0.2) is 0 Å². The van der Waals surface area contributed by atoms with Gasteiger partial charge in [-0.05, 0) is 31.2 Å². The van der Waals surface area contributed by atoms with Crippen LogP contribution in [-0.4, -0.2) is 30.9 Å². The third kappa shape index (κ3) is 4.20. The SMILES string of the molecule is CC(=O)Nc1cc(C(=O)NC2CCNC2)cc(C(F)(F)F)c1. The largest absolute Gasteiger partial charge is 0.416 e. The average Bonchev–Trinajstić information content (AvgIpc) is 2.89. The van der Waals surface area contributed by atoms with Crippen molar-refractivity contribution in [2.75, 3.05) is 18.4 Å². The maximum Gasteiger partial charge on any atom is 0.416 e. The molecule has 2 rings (SSSR count). The minimum atomic E-state index is -4.60. The third-order valence-electron chi connectivity index (χ3n) is 3.24. The quantitative estimate of drug-likeness (QED) is 0.796. The Labute approximate surface area is 125 Å². The first-order valence-corrected chi connectivity index (χ1v) is 6.77. The highest BCUT2D eigenvalue weighted by Crippen LogP contribution is 2.32. The number of anilines is 1. The lowest BCUT2D eigenvalue weighted by Gasteiger charge is -2.15. The Morgan fingerprint density at radius 3 is 2.55 bits per heavy atom. The van der Waals surface area contributed by atoms with Crippen LogP contribution in [0.4, 0.5) is 18.9 Å². The zero-order valence-corrected chi connectivity index (χ0v) is 11.9. The molecule has 1 atom stereocenters. The van der Waals surface area contributed by atoms with Gasteiger partial charge in [-0.3, -0.25) is 9.59 Å². The number of halogens is 3. The second-order valence-electron chi connectivity index (χ2n) is 5.14. The molecule has 0 spiro atoms. The summed E-state index contributed by atoms with van der Waals surface area (Å²) in [4.78, 5) is 23.1. The van der Waals surface area contributed by atoms with Crippen LogP contribution in [0.3, 0.4) is 0 Å². The van der Waals surface area contributed by atoms with E-state index in [1.54, 1.807) is 0 Å². The number of hydrogen-bond donors (Lipinski definition) is 3. The van der Waals surface area contributed by atoms with E-state index in [0.29, 0.717) is 6.54 Å². The van der Waals surface area contributed by atoms with E-state index in [1.807, 2.05) is 0 Å². The van der Waals surface area contributed by atoms with Crippen LogP contribution in [0, 0.1) is 0 Å². The lowest BCUT2D eigenvalue weighted by Crippen LogP contribution is -2.36. The summed E-state index contributed by atoms with van der Waals surface area (Å²) in [5, 5.41) is 8.00. The summed E-state index contributed by atoms with van der Waals surface area (Å²) in [5.41, 5.74) is -1.17. The summed E-state index contributed by atoms with van der Waals surface area (Å²) in [7, 11) is 0. The summed E-state index contributed by atoms with van der Waals surface area (Å²) in [6.45, 7) is 2.53. The van der Waals surface area contributed by atoms with Crippen molar-refractivity contribution in [2.45, 2.75) is 25.6 Å². The highest BCUT2D eigenvalue weighted by Gasteiger charge is 2.32. The Bertz CT molecular complexity index is 581. The van der Waals surface area contributed by atoms with Gasteiger partial charge in [-0.1, -0.05) is 0 Å². The molecule has 1 saturated heterocycles. The molecule has 5 nitrogen and oxygen atoms in total. The summed E-state index contributed by atoms with van der Waals surface area (Å²) >= 11 is 0. The number of carbonyl (C=O) groups excluding carboxylic acids is 2. The first kappa shape index (κ1) is 16.3. The van der Waals surface area contributed by atoms with E-state index in [9.17, 15) is 22.8 Å². The van der Waals surface area contributed by atoms with Crippen molar-refractivity contribution >= 4 is 17.5 Å². The molecular weight excluding hydrogens is 299 g/mol. The number of alkyl halides is 3. The molecule has 1 heterocycles. The van der Waals surface area contributed by atoms with E-state index in [1.165, 1.54) is 13.0 Å². The van der Waals surface area contributed by atoms with E-state index in [4.69, 9.17) is 0 Å². The highest BCUT2D eigenvalue weighted by atomic mass is 19.4. The first-order valence-electron chi connectivity index (χ1n) is 6.77. The van der Waals surface area contributed by atoms with Gasteiger partial charge in [0.05, 0.1) is 5.56 Å². The fraction of sp³-hybridized carbons (Fsp3) is 0.429. The minimum absolute atomic E-state index is 0.0583. The molecule has 1 fully saturated rings. The molecule has 0 aromatic heterocycles. The molecule has 2 amide bonds. The van der Waals surface area contributed by atoms with Gasteiger partial charge in [0, 0.05) is 30.8 Å². The number of nitrogens with one attached hydrogen (secondary N) is 3. The Balaban J connectivity index is 2.27. The van der Waals surface area contributed by atoms with Crippen molar-refractivity contribution in [3.8, 4) is 0 Å². The molecular formula is C14H16F3N3O2. The Hall–Kier alpha value is -2.09. The molecule has 3 N–H and O–H groups in total. The normalized spacial score (nSPS) is 18.1. The van der Waals surface area contributed by atoms with Crippen LogP contribution < -0.4 is 16.0 Å². The maximum absolute atomic E-state index is 12.9. The molecule has 0 aliphatic carbocycles. The molecule has 1 aromatic carbocycles. The summed E-state index contributed by atoms with van der Waals surface area (Å²) in [6.07, 6.45) is -3.87. The van der Waals surface area contributed by atoms with Gasteiger partial charge in [-0.2, -0.15) is 13.2 Å². The lowest BCUT2D eigenvalue weighted by atomic mass is 10.1. The molecule has 1 aliphatic rings. The van der Waals surface area contributed by atoms with Crippen LogP contribution in [0.25, 0.3) is 0 Å². The number of carbonyl (C=O) groups is 2. The number of benzene rings is 1. The fourth-order valence-electron chi connectivity index (χ4n) is 2.24. The van der Waals surface area contributed by atoms with Crippen LogP contribution in [-0.2, 0) is 11.0 Å². The van der Waals surface area contributed by atoms with E-state index >= 15 is 0 Å². The van der Waals surface area contributed by atoms with Crippen molar-refractivity contribution < 1.29 is 22.8 Å². The van der Waals surface area contributed by atoms with Crippen LogP contribution in [0.15, 0.2) is 18.2 Å². The van der Waals surface area contributed by atoms with Crippen molar-refractivity contribution in [3.63, 3.8) is 0 Å². The lowest BCUT2D eigenvalue weighted by molar-refractivity contribution is -0.137. The third-order valence-corrected chi connectivity index (χ3v) is 3.24. The van der Waals surface area contributed by atoms with Gasteiger partial charge >= 0.3 is 6.18 Å². The van der Waals surface area contributed by atoms with E-state index < -0.39 is 23.6 Å². The smallest absolute Gasteiger partial charge is 0.348 e. The van der Waals surface area contributed by atoms with E-state index in [0.717, 1.165) is 25.1 Å². The van der Waals surface area contributed by atoms with Gasteiger partial charge in [0.1, 0.15) is 0 Å². The van der Waals surface area contributed by atoms with Gasteiger partial charge < -0.3 is 16.0 Å². The number of hydrogen-bond acceptors (Lipinski definition) is 3. The summed E-state index contributed by atoms with van der Waals surface area (Å²) in [5.74, 6) is -1.10. The highest BCUT2D eigenvalue weighted by molar-refractivity contribution is 5.97. The molecule has 0 radical (unpaired) electrons. The Morgan fingerprint density at radius 2 is 2.00 bits per heavy atom. The molecule has 0 saturated carbocycles. The van der Waals surface area contributed by atoms with Gasteiger partial charge in [0.2, 0.25) is 5.91 Å². The van der Waals surface area contributed by atoms with Crippen molar-refractivity contribution in [1.82, 2.24) is 10.6 Å². The molecule has 1 unspecified atom stereocenters. The minimum Gasteiger partial charge on any atom is -0.348 e. The number of rotatable bonds is 3. The second kappa shape index (κ2) is 6.35. The zero-order chi connectivity index (χ0) is 16.3. The van der Waals surface area contributed by atoms with Crippen molar-refractivity contribution in [3.05, 3.63) is 29.3 Å². The molecule has 0 bridgehead atoms. The first-order chi connectivity index (χ1) is 10.3. The van der Waals surface area contributed by atoms with Gasteiger partial charge in [-0.15, -0.1) is 0 Å². The average molecular weight is 315 g/mol. The maximum atomic E-state index is 12.9. The van der Waals surface area contributed by atoms with Gasteiger partial charge in [0.25, 0.3) is 5.91 Å². The predicted molar refractivity (Wildman–Crippen MR) is 74.5 cm³/mol. The summed E-state index contributed by atoms with van der Waals surface area (Å²) in [6, 6.07) is 2.71. The molecule has 1 aromatic rings. The molecule has 120 valence electrons. The fourth-order valence-corrected chi connectivity index (χ4v) is 2.24. The molecule has 1 aliphatic heterocycles. The van der Waals surface area contributed by atoms with Crippen LogP contribution in [0.2, 0.25) is 0 Å². The predicted octanol–water partition coefficient (Wildman–Crippen LogP) is 1.76. The Morgan fingerprint density at radius 1 is 1.27 bits per heavy atom. The topological polar surface area (TPSA) is 70.2 Å². The van der Waals surface area contributed by atoms with Crippen LogP contribution in [0.5, 0.6) is 0 Å². The van der Waals surface area contributed by atoms with Crippen molar-refractivity contribution in [2.24, 2.45) is 0 Å². The standard InChI is InChI=1S/C14H16F3N3O2/c1-8(21)19-12-5-9(4-10(6-12)14(15,16)17)13(22)20-11-2-3-18-7-11/h4-6,11,18H,2-3,7H2,1H3,(H,19,21)(H,20,22). The monoisotopic (exact) mass is 315 g/mol.